The van der Waals surface area contributed by atoms with E-state index in [0.29, 0.717) is 5.02 Å². The zero-order chi connectivity index (χ0) is 14.0. The lowest BCUT2D eigenvalue weighted by Crippen LogP contribution is -2.11. The second-order valence-electron chi connectivity index (χ2n) is 4.89. The molecule has 0 saturated heterocycles. The third-order valence-electron chi connectivity index (χ3n) is 3.28. The molecule has 2 aromatic carbocycles. The molecule has 0 bridgehead atoms. The summed E-state index contributed by atoms with van der Waals surface area (Å²) in [5.41, 5.74) is 10.3. The molecule has 0 saturated carbocycles. The summed E-state index contributed by atoms with van der Waals surface area (Å²) in [4.78, 5) is 2.11. The van der Waals surface area contributed by atoms with Crippen LogP contribution >= 0.6 is 11.6 Å². The number of anilines is 2. The van der Waals surface area contributed by atoms with Gasteiger partial charge in [-0.3, -0.25) is 0 Å². The first-order chi connectivity index (χ1) is 8.99. The van der Waals surface area contributed by atoms with Gasteiger partial charge in [0.15, 0.2) is 0 Å². The summed E-state index contributed by atoms with van der Waals surface area (Å²) >= 11 is 6.27. The van der Waals surface area contributed by atoms with E-state index in [0.717, 1.165) is 16.9 Å². The van der Waals surface area contributed by atoms with Crippen LogP contribution in [0.3, 0.4) is 0 Å². The van der Waals surface area contributed by atoms with Gasteiger partial charge < -0.3 is 10.6 Å². The van der Waals surface area contributed by atoms with E-state index in [-0.39, 0.29) is 6.04 Å². The molecule has 1 unspecified atom stereocenters. The molecule has 3 heteroatoms. The van der Waals surface area contributed by atoms with Crippen LogP contribution < -0.4 is 10.6 Å². The van der Waals surface area contributed by atoms with Crippen molar-refractivity contribution in [2.45, 2.75) is 19.9 Å². The molecule has 0 radical (unpaired) electrons. The van der Waals surface area contributed by atoms with Crippen molar-refractivity contribution in [3.8, 4) is 0 Å². The molecule has 19 heavy (non-hydrogen) atoms. The minimum atomic E-state index is -0.0498. The van der Waals surface area contributed by atoms with E-state index in [9.17, 15) is 0 Å². The average Bonchev–Trinajstić information content (AvgIpc) is 2.38. The van der Waals surface area contributed by atoms with Crippen LogP contribution in [0.2, 0.25) is 5.02 Å². The highest BCUT2D eigenvalue weighted by atomic mass is 35.5. The zero-order valence-electron chi connectivity index (χ0n) is 11.5. The molecule has 100 valence electrons. The third kappa shape index (κ3) is 3.09. The van der Waals surface area contributed by atoms with Gasteiger partial charge in [0, 0.05) is 29.5 Å². The van der Waals surface area contributed by atoms with E-state index in [1.54, 1.807) is 0 Å². The van der Waals surface area contributed by atoms with E-state index in [1.807, 2.05) is 32.2 Å². The van der Waals surface area contributed by atoms with Crippen molar-refractivity contribution in [1.29, 1.82) is 0 Å². The Morgan fingerprint density at radius 3 is 2.16 bits per heavy atom. The fourth-order valence-corrected chi connectivity index (χ4v) is 2.36. The smallest absolute Gasteiger partial charge is 0.0474 e. The first-order valence-corrected chi connectivity index (χ1v) is 6.72. The van der Waals surface area contributed by atoms with Crippen LogP contribution in [0.25, 0.3) is 0 Å². The molecule has 2 N–H and O–H groups in total. The number of nitrogens with two attached hydrogens (primary N) is 1. The van der Waals surface area contributed by atoms with Crippen molar-refractivity contribution < 1.29 is 0 Å². The Balaban J connectivity index is 2.31. The maximum absolute atomic E-state index is 6.27. The van der Waals surface area contributed by atoms with Gasteiger partial charge in [-0.2, -0.15) is 0 Å². The summed E-state index contributed by atoms with van der Waals surface area (Å²) < 4.78 is 0. The van der Waals surface area contributed by atoms with Crippen LogP contribution in [-0.4, -0.2) is 7.05 Å². The number of aryl methyl sites for hydroxylation is 1. The Bertz CT molecular complexity index is 561. The molecule has 2 rings (SSSR count). The van der Waals surface area contributed by atoms with Crippen LogP contribution in [0.15, 0.2) is 42.5 Å². The number of halogens is 1. The van der Waals surface area contributed by atoms with Crippen LogP contribution in [-0.2, 0) is 0 Å². The van der Waals surface area contributed by atoms with E-state index < -0.39 is 0 Å². The predicted octanol–water partition coefficient (Wildman–Crippen LogP) is 4.44. The molecule has 0 aromatic heterocycles. The van der Waals surface area contributed by atoms with Crippen LogP contribution in [0.1, 0.15) is 24.1 Å². The number of rotatable bonds is 3. The van der Waals surface area contributed by atoms with Crippen molar-refractivity contribution in [3.63, 3.8) is 0 Å². The molecular weight excluding hydrogens is 256 g/mol. The minimum Gasteiger partial charge on any atom is -0.345 e. The van der Waals surface area contributed by atoms with Crippen LogP contribution in [0, 0.1) is 6.92 Å². The quantitative estimate of drug-likeness (QED) is 0.897. The van der Waals surface area contributed by atoms with Gasteiger partial charge in [-0.25, -0.2) is 0 Å². The van der Waals surface area contributed by atoms with Gasteiger partial charge in [0.25, 0.3) is 0 Å². The zero-order valence-corrected chi connectivity index (χ0v) is 12.3. The van der Waals surface area contributed by atoms with Crippen LogP contribution in [0.4, 0.5) is 11.4 Å². The maximum atomic E-state index is 6.27. The lowest BCUT2D eigenvalue weighted by molar-refractivity contribution is 0.818. The van der Waals surface area contributed by atoms with E-state index in [1.165, 1.54) is 5.56 Å². The molecular formula is C16H19ClN2. The Hall–Kier alpha value is -1.51. The van der Waals surface area contributed by atoms with Gasteiger partial charge >= 0.3 is 0 Å². The first-order valence-electron chi connectivity index (χ1n) is 6.34. The average molecular weight is 275 g/mol. The SMILES string of the molecule is Cc1ccc(N(C)c2ccc(C(C)N)c(Cl)c2)cc1. The highest BCUT2D eigenvalue weighted by molar-refractivity contribution is 6.31. The summed E-state index contributed by atoms with van der Waals surface area (Å²) in [7, 11) is 2.03. The Kier molecular flexibility index (Phi) is 4.13. The second-order valence-corrected chi connectivity index (χ2v) is 5.30. The van der Waals surface area contributed by atoms with Crippen molar-refractivity contribution in [2.75, 3.05) is 11.9 Å². The molecule has 0 amide bonds. The topological polar surface area (TPSA) is 29.3 Å². The Labute approximate surface area is 119 Å². The van der Waals surface area contributed by atoms with Crippen LogP contribution in [0.5, 0.6) is 0 Å². The monoisotopic (exact) mass is 274 g/mol. The normalized spacial score (nSPS) is 12.3. The van der Waals surface area contributed by atoms with Gasteiger partial charge in [0.05, 0.1) is 0 Å². The molecule has 0 heterocycles. The van der Waals surface area contributed by atoms with Gasteiger partial charge in [-0.15, -0.1) is 0 Å². The lowest BCUT2D eigenvalue weighted by Gasteiger charge is -2.21. The summed E-state index contributed by atoms with van der Waals surface area (Å²) in [6.45, 7) is 4.02. The summed E-state index contributed by atoms with van der Waals surface area (Å²) in [5.74, 6) is 0. The van der Waals surface area contributed by atoms with Gasteiger partial charge in [0.2, 0.25) is 0 Å². The van der Waals surface area contributed by atoms with Crippen molar-refractivity contribution in [3.05, 3.63) is 58.6 Å². The Morgan fingerprint density at radius 1 is 1.05 bits per heavy atom. The first kappa shape index (κ1) is 13.9. The van der Waals surface area contributed by atoms with E-state index >= 15 is 0 Å². The molecule has 2 aromatic rings. The Morgan fingerprint density at radius 2 is 1.63 bits per heavy atom. The molecule has 0 aliphatic rings. The minimum absolute atomic E-state index is 0.0498. The molecule has 0 fully saturated rings. The fourth-order valence-electron chi connectivity index (χ4n) is 2.01. The highest BCUT2D eigenvalue weighted by Gasteiger charge is 2.09. The molecule has 0 aliphatic heterocycles. The van der Waals surface area contributed by atoms with E-state index in [4.69, 9.17) is 17.3 Å². The van der Waals surface area contributed by atoms with E-state index in [2.05, 4.69) is 36.1 Å². The number of benzene rings is 2. The molecule has 0 aliphatic carbocycles. The second kappa shape index (κ2) is 5.64. The van der Waals surface area contributed by atoms with Gasteiger partial charge in [-0.05, 0) is 43.7 Å². The lowest BCUT2D eigenvalue weighted by atomic mass is 10.1. The van der Waals surface area contributed by atoms with Gasteiger partial charge in [-0.1, -0.05) is 35.4 Å². The standard InChI is InChI=1S/C16H19ClN2/c1-11-4-6-13(7-5-11)19(3)14-8-9-15(12(2)18)16(17)10-14/h4-10,12H,18H2,1-3H3. The molecule has 1 atom stereocenters. The summed E-state index contributed by atoms with van der Waals surface area (Å²) in [5, 5.41) is 0.714. The summed E-state index contributed by atoms with van der Waals surface area (Å²) in [6.07, 6.45) is 0. The third-order valence-corrected chi connectivity index (χ3v) is 3.61. The van der Waals surface area contributed by atoms with Gasteiger partial charge in [0.1, 0.15) is 0 Å². The number of hydrogen-bond acceptors (Lipinski definition) is 2. The number of hydrogen-bond donors (Lipinski definition) is 1. The molecule has 0 spiro atoms. The van der Waals surface area contributed by atoms with Crippen molar-refractivity contribution >= 4 is 23.0 Å². The highest BCUT2D eigenvalue weighted by Crippen LogP contribution is 2.30. The predicted molar refractivity (Wildman–Crippen MR) is 83.3 cm³/mol. The fraction of sp³-hybridized carbons (Fsp3) is 0.250. The largest absolute Gasteiger partial charge is 0.345 e. The van der Waals surface area contributed by atoms with Crippen molar-refractivity contribution in [2.24, 2.45) is 5.73 Å². The summed E-state index contributed by atoms with van der Waals surface area (Å²) in [6, 6.07) is 14.3. The molecule has 2 nitrogen and oxygen atoms in total. The maximum Gasteiger partial charge on any atom is 0.0474 e. The number of nitrogens with zero attached hydrogens (tertiary/aromatic N) is 1. The van der Waals surface area contributed by atoms with Crippen molar-refractivity contribution in [1.82, 2.24) is 0 Å².